The third-order valence-electron chi connectivity index (χ3n) is 4.72. The lowest BCUT2D eigenvalue weighted by atomic mass is 10.0. The van der Waals surface area contributed by atoms with Crippen molar-refractivity contribution in [1.82, 2.24) is 15.1 Å². The van der Waals surface area contributed by atoms with Crippen LogP contribution in [-0.2, 0) is 4.79 Å². The first-order valence-electron chi connectivity index (χ1n) is 7.61. The van der Waals surface area contributed by atoms with Gasteiger partial charge in [-0.2, -0.15) is 0 Å². The molecule has 0 radical (unpaired) electrons. The number of nitrogens with zero attached hydrogens (tertiary/aromatic N) is 2. The Hall–Kier alpha value is -0.610. The van der Waals surface area contributed by atoms with Crippen LogP contribution in [0.5, 0.6) is 0 Å². The van der Waals surface area contributed by atoms with E-state index in [1.165, 1.54) is 38.8 Å². The molecule has 4 heteroatoms. The van der Waals surface area contributed by atoms with E-state index in [1.54, 1.807) is 0 Å². The molecule has 3 fully saturated rings. The van der Waals surface area contributed by atoms with Crippen molar-refractivity contribution in [3.8, 4) is 0 Å². The highest BCUT2D eigenvalue weighted by Crippen LogP contribution is 2.22. The van der Waals surface area contributed by atoms with Crippen LogP contribution in [-0.4, -0.2) is 60.5 Å². The van der Waals surface area contributed by atoms with E-state index in [4.69, 9.17) is 0 Å². The van der Waals surface area contributed by atoms with E-state index in [-0.39, 0.29) is 6.04 Å². The summed E-state index contributed by atoms with van der Waals surface area (Å²) in [5, 5.41) is 3.39. The van der Waals surface area contributed by atoms with Crippen molar-refractivity contribution in [2.24, 2.45) is 0 Å². The maximum atomic E-state index is 12.5. The molecule has 0 aromatic carbocycles. The summed E-state index contributed by atoms with van der Waals surface area (Å²) in [5.74, 6) is 0.364. The molecule has 0 aliphatic carbocycles. The number of hydrogen-bond acceptors (Lipinski definition) is 3. The van der Waals surface area contributed by atoms with E-state index in [2.05, 4.69) is 15.1 Å². The van der Waals surface area contributed by atoms with Crippen molar-refractivity contribution in [2.75, 3.05) is 32.7 Å². The molecule has 1 amide bonds. The van der Waals surface area contributed by atoms with E-state index < -0.39 is 0 Å². The summed E-state index contributed by atoms with van der Waals surface area (Å²) in [6.07, 6.45) is 7.20. The Balaban J connectivity index is 1.61. The van der Waals surface area contributed by atoms with Gasteiger partial charge in [-0.15, -0.1) is 0 Å². The molecular formula is C14H25N3O. The van der Waals surface area contributed by atoms with Crippen LogP contribution in [0, 0.1) is 0 Å². The summed E-state index contributed by atoms with van der Waals surface area (Å²) >= 11 is 0. The van der Waals surface area contributed by atoms with Gasteiger partial charge in [0.25, 0.3) is 0 Å². The highest BCUT2D eigenvalue weighted by Gasteiger charge is 2.33. The number of fused-ring (bicyclic) bond motifs is 1. The average Bonchev–Trinajstić information content (AvgIpc) is 2.76. The zero-order valence-corrected chi connectivity index (χ0v) is 11.2. The quantitative estimate of drug-likeness (QED) is 0.749. The molecular weight excluding hydrogens is 226 g/mol. The third kappa shape index (κ3) is 2.54. The third-order valence-corrected chi connectivity index (χ3v) is 4.72. The molecule has 102 valence electrons. The van der Waals surface area contributed by atoms with Crippen LogP contribution in [0.3, 0.4) is 0 Å². The fraction of sp³-hybridized carbons (Fsp3) is 0.929. The van der Waals surface area contributed by atoms with Gasteiger partial charge in [0.15, 0.2) is 0 Å². The molecule has 4 nitrogen and oxygen atoms in total. The van der Waals surface area contributed by atoms with Gasteiger partial charge in [0, 0.05) is 25.7 Å². The molecule has 1 N–H and O–H groups in total. The zero-order chi connectivity index (χ0) is 12.4. The van der Waals surface area contributed by atoms with Gasteiger partial charge in [0.2, 0.25) is 5.91 Å². The van der Waals surface area contributed by atoms with Crippen LogP contribution in [0.25, 0.3) is 0 Å². The van der Waals surface area contributed by atoms with E-state index in [1.807, 2.05) is 0 Å². The fourth-order valence-corrected chi connectivity index (χ4v) is 3.69. The molecule has 3 aliphatic rings. The van der Waals surface area contributed by atoms with Crippen molar-refractivity contribution in [3.63, 3.8) is 0 Å². The Bertz CT molecular complexity index is 301. The van der Waals surface area contributed by atoms with Crippen LogP contribution in [0.4, 0.5) is 0 Å². The molecule has 3 rings (SSSR count). The molecule has 2 atom stereocenters. The van der Waals surface area contributed by atoms with Gasteiger partial charge < -0.3 is 10.2 Å². The summed E-state index contributed by atoms with van der Waals surface area (Å²) in [6.45, 7) is 5.38. The van der Waals surface area contributed by atoms with Gasteiger partial charge in [-0.05, 0) is 45.2 Å². The van der Waals surface area contributed by atoms with Crippen LogP contribution >= 0.6 is 0 Å². The molecule has 0 spiro atoms. The summed E-state index contributed by atoms with van der Waals surface area (Å²) in [5.41, 5.74) is 0. The van der Waals surface area contributed by atoms with Crippen molar-refractivity contribution in [1.29, 1.82) is 0 Å². The van der Waals surface area contributed by atoms with Gasteiger partial charge in [-0.25, -0.2) is 0 Å². The lowest BCUT2D eigenvalue weighted by Gasteiger charge is -2.31. The van der Waals surface area contributed by atoms with E-state index in [0.29, 0.717) is 11.9 Å². The first kappa shape index (κ1) is 12.4. The van der Waals surface area contributed by atoms with Gasteiger partial charge in [-0.1, -0.05) is 6.42 Å². The van der Waals surface area contributed by atoms with E-state index >= 15 is 0 Å². The number of nitrogens with one attached hydrogen (secondary N) is 1. The maximum Gasteiger partial charge on any atom is 0.239 e. The number of carbonyl (C=O) groups is 1. The zero-order valence-electron chi connectivity index (χ0n) is 11.2. The Morgan fingerprint density at radius 1 is 1.00 bits per heavy atom. The first-order chi connectivity index (χ1) is 8.84. The van der Waals surface area contributed by atoms with Crippen molar-refractivity contribution < 1.29 is 4.79 Å². The van der Waals surface area contributed by atoms with Gasteiger partial charge >= 0.3 is 0 Å². The minimum Gasteiger partial charge on any atom is -0.340 e. The summed E-state index contributed by atoms with van der Waals surface area (Å²) in [7, 11) is 0. The Morgan fingerprint density at radius 2 is 1.89 bits per heavy atom. The molecule has 2 unspecified atom stereocenters. The molecule has 0 saturated carbocycles. The number of hydrogen-bond donors (Lipinski definition) is 1. The second kappa shape index (κ2) is 5.57. The predicted molar refractivity (Wildman–Crippen MR) is 71.4 cm³/mol. The molecule has 3 saturated heterocycles. The number of carbonyl (C=O) groups excluding carboxylic acids is 1. The van der Waals surface area contributed by atoms with E-state index in [9.17, 15) is 4.79 Å². The smallest absolute Gasteiger partial charge is 0.239 e. The second-order valence-electron chi connectivity index (χ2n) is 5.97. The summed E-state index contributed by atoms with van der Waals surface area (Å²) < 4.78 is 0. The van der Waals surface area contributed by atoms with E-state index in [0.717, 1.165) is 32.5 Å². The van der Waals surface area contributed by atoms with Crippen molar-refractivity contribution in [2.45, 2.75) is 50.6 Å². The average molecular weight is 251 g/mol. The first-order valence-corrected chi connectivity index (χ1v) is 7.61. The summed E-state index contributed by atoms with van der Waals surface area (Å²) in [4.78, 5) is 17.3. The minimum absolute atomic E-state index is 0.103. The highest BCUT2D eigenvalue weighted by atomic mass is 16.2. The Labute approximate surface area is 110 Å². The molecule has 0 bridgehead atoms. The second-order valence-corrected chi connectivity index (χ2v) is 5.97. The topological polar surface area (TPSA) is 35.6 Å². The molecule has 3 aliphatic heterocycles. The summed E-state index contributed by atoms with van der Waals surface area (Å²) in [6, 6.07) is 0.742. The molecule has 0 aromatic heterocycles. The number of rotatable bonds is 1. The lowest BCUT2D eigenvalue weighted by molar-refractivity contribution is -0.134. The van der Waals surface area contributed by atoms with Gasteiger partial charge in [-0.3, -0.25) is 9.69 Å². The fourth-order valence-electron chi connectivity index (χ4n) is 3.69. The van der Waals surface area contributed by atoms with Crippen LogP contribution in [0.15, 0.2) is 0 Å². The monoisotopic (exact) mass is 251 g/mol. The normalized spacial score (nSPS) is 34.1. The standard InChI is InChI=1S/C14H25N3O/c18-14(13-6-1-2-7-15-13)17-10-4-9-16-8-3-5-12(16)11-17/h12-13,15H,1-11H2. The highest BCUT2D eigenvalue weighted by molar-refractivity contribution is 5.82. The Morgan fingerprint density at radius 3 is 2.72 bits per heavy atom. The van der Waals surface area contributed by atoms with Crippen molar-refractivity contribution >= 4 is 5.91 Å². The SMILES string of the molecule is O=C(C1CCCCN1)N1CCCN2CCCC2C1. The van der Waals surface area contributed by atoms with Crippen LogP contribution in [0.1, 0.15) is 38.5 Å². The number of piperidine rings is 1. The largest absolute Gasteiger partial charge is 0.340 e. The molecule has 3 heterocycles. The predicted octanol–water partition coefficient (Wildman–Crippen LogP) is 0.825. The Kier molecular flexibility index (Phi) is 3.85. The van der Waals surface area contributed by atoms with Crippen molar-refractivity contribution in [3.05, 3.63) is 0 Å². The van der Waals surface area contributed by atoms with Crippen LogP contribution < -0.4 is 5.32 Å². The lowest BCUT2D eigenvalue weighted by Crippen LogP contribution is -2.50. The maximum absolute atomic E-state index is 12.5. The number of amides is 1. The minimum atomic E-state index is 0.103. The van der Waals surface area contributed by atoms with Crippen LogP contribution in [0.2, 0.25) is 0 Å². The molecule has 0 aromatic rings. The van der Waals surface area contributed by atoms with Gasteiger partial charge in [0.05, 0.1) is 6.04 Å². The van der Waals surface area contributed by atoms with Gasteiger partial charge in [0.1, 0.15) is 0 Å². The molecule has 18 heavy (non-hydrogen) atoms.